The molecule has 0 fully saturated rings. The molecule has 3 aromatic carbocycles. The third kappa shape index (κ3) is 2.38. The van der Waals surface area contributed by atoms with Crippen LogP contribution in [0.4, 0.5) is 0 Å². The Bertz CT molecular complexity index is 1060. The highest BCUT2D eigenvalue weighted by molar-refractivity contribution is 6.30. The molecule has 5 rings (SSSR count). The van der Waals surface area contributed by atoms with Crippen LogP contribution in [0.25, 0.3) is 44.5 Å². The molecule has 0 heterocycles. The predicted octanol–water partition coefficient (Wildman–Crippen LogP) is 7.32. The van der Waals surface area contributed by atoms with Gasteiger partial charge < -0.3 is 0 Å². The van der Waals surface area contributed by atoms with E-state index in [0.717, 1.165) is 5.02 Å². The van der Waals surface area contributed by atoms with E-state index in [1.807, 2.05) is 12.1 Å². The zero-order valence-corrected chi connectivity index (χ0v) is 14.3. The molecule has 0 spiro atoms. The van der Waals surface area contributed by atoms with Crippen LogP contribution in [0, 0.1) is 0 Å². The standard InChI is InChI=1S/C24H15Cl/c25-18-14-12-16(13-15-18)19-8-4-11-22(24-20-9-5-10-21(20)24)23(19)17-6-2-1-3-7-17/h1-15H. The fourth-order valence-corrected chi connectivity index (χ4v) is 3.77. The Kier molecular flexibility index (Phi) is 3.26. The van der Waals surface area contributed by atoms with Gasteiger partial charge in [0.05, 0.1) is 0 Å². The molecule has 0 radical (unpaired) electrons. The summed E-state index contributed by atoms with van der Waals surface area (Å²) in [7, 11) is 0. The van der Waals surface area contributed by atoms with E-state index in [9.17, 15) is 0 Å². The molecule has 0 amide bonds. The Hall–Kier alpha value is -2.83. The summed E-state index contributed by atoms with van der Waals surface area (Å²) in [4.78, 5) is 0. The van der Waals surface area contributed by atoms with Crippen LogP contribution >= 0.6 is 11.6 Å². The molecule has 1 heteroatoms. The maximum Gasteiger partial charge on any atom is 0.0406 e. The van der Waals surface area contributed by atoms with Gasteiger partial charge in [-0.05, 0) is 56.6 Å². The minimum absolute atomic E-state index is 0.762. The highest BCUT2D eigenvalue weighted by Crippen LogP contribution is 2.54. The first-order chi connectivity index (χ1) is 12.3. The van der Waals surface area contributed by atoms with E-state index < -0.39 is 0 Å². The molecular formula is C24H15Cl. The predicted molar refractivity (Wildman–Crippen MR) is 107 cm³/mol. The molecule has 0 N–H and O–H groups in total. The Labute approximate surface area is 152 Å². The number of benzene rings is 4. The fraction of sp³-hybridized carbons (Fsp3) is 0. The third-order valence-electron chi connectivity index (χ3n) is 4.84. The summed E-state index contributed by atoms with van der Waals surface area (Å²) in [5, 5.41) is 0.762. The van der Waals surface area contributed by atoms with Crippen LogP contribution in [0.2, 0.25) is 5.02 Å². The maximum atomic E-state index is 6.09. The summed E-state index contributed by atoms with van der Waals surface area (Å²) < 4.78 is 0. The quantitative estimate of drug-likeness (QED) is 0.323. The summed E-state index contributed by atoms with van der Waals surface area (Å²) in [6.07, 6.45) is 0. The fourth-order valence-electron chi connectivity index (χ4n) is 3.64. The van der Waals surface area contributed by atoms with Crippen molar-refractivity contribution in [2.24, 2.45) is 0 Å². The molecule has 118 valence electrons. The molecule has 0 saturated carbocycles. The summed E-state index contributed by atoms with van der Waals surface area (Å²) in [5.41, 5.74) is 10.4. The molecule has 0 aliphatic heterocycles. The minimum Gasteiger partial charge on any atom is -0.0843 e. The van der Waals surface area contributed by atoms with E-state index in [4.69, 9.17) is 11.6 Å². The molecule has 0 bridgehead atoms. The number of halogens is 1. The molecule has 2 aliphatic rings. The smallest absolute Gasteiger partial charge is 0.0406 e. The Balaban J connectivity index is 1.79. The largest absolute Gasteiger partial charge is 0.0843 e. The van der Waals surface area contributed by atoms with E-state index in [1.54, 1.807) is 0 Å². The molecule has 0 atom stereocenters. The van der Waals surface area contributed by atoms with Crippen LogP contribution in [-0.4, -0.2) is 0 Å². The lowest BCUT2D eigenvalue weighted by Gasteiger charge is -2.14. The molecule has 2 aliphatic carbocycles. The summed E-state index contributed by atoms with van der Waals surface area (Å²) >= 11 is 6.09. The lowest BCUT2D eigenvalue weighted by molar-refractivity contribution is 1.58. The van der Waals surface area contributed by atoms with Crippen molar-refractivity contribution < 1.29 is 0 Å². The molecule has 0 unspecified atom stereocenters. The first-order valence-corrected chi connectivity index (χ1v) is 8.79. The van der Waals surface area contributed by atoms with Gasteiger partial charge in [-0.3, -0.25) is 0 Å². The van der Waals surface area contributed by atoms with E-state index in [0.29, 0.717) is 0 Å². The molecule has 0 aromatic heterocycles. The summed E-state index contributed by atoms with van der Waals surface area (Å²) in [6, 6.07) is 31.8. The zero-order valence-electron chi connectivity index (χ0n) is 13.5. The summed E-state index contributed by atoms with van der Waals surface area (Å²) in [5.74, 6) is 0. The Morgan fingerprint density at radius 3 is 1.68 bits per heavy atom. The molecular weight excluding hydrogens is 324 g/mol. The van der Waals surface area contributed by atoms with Gasteiger partial charge in [0.15, 0.2) is 0 Å². The highest BCUT2D eigenvalue weighted by Gasteiger charge is 2.27. The van der Waals surface area contributed by atoms with Crippen molar-refractivity contribution in [2.45, 2.75) is 0 Å². The van der Waals surface area contributed by atoms with Gasteiger partial charge in [-0.25, -0.2) is 0 Å². The molecule has 0 saturated heterocycles. The van der Waals surface area contributed by atoms with Crippen LogP contribution in [0.15, 0.2) is 91.0 Å². The van der Waals surface area contributed by atoms with Gasteiger partial charge in [-0.2, -0.15) is 0 Å². The average molecular weight is 339 g/mol. The van der Waals surface area contributed by atoms with Crippen molar-refractivity contribution in [3.8, 4) is 44.5 Å². The second-order valence-corrected chi connectivity index (χ2v) is 6.77. The maximum absolute atomic E-state index is 6.09. The van der Waals surface area contributed by atoms with Crippen molar-refractivity contribution in [3.05, 3.63) is 96.0 Å². The number of rotatable bonds is 3. The normalized spacial score (nSPS) is 11.4. The lowest BCUT2D eigenvalue weighted by Crippen LogP contribution is -1.88. The van der Waals surface area contributed by atoms with Crippen LogP contribution in [0.5, 0.6) is 0 Å². The molecule has 25 heavy (non-hydrogen) atoms. The molecule has 0 nitrogen and oxygen atoms in total. The Morgan fingerprint density at radius 2 is 1.00 bits per heavy atom. The molecule has 3 aromatic rings. The van der Waals surface area contributed by atoms with Gasteiger partial charge in [-0.15, -0.1) is 0 Å². The van der Waals surface area contributed by atoms with Gasteiger partial charge in [0, 0.05) is 5.02 Å². The first kappa shape index (κ1) is 14.5. The monoisotopic (exact) mass is 338 g/mol. The lowest BCUT2D eigenvalue weighted by atomic mass is 9.89. The first-order valence-electron chi connectivity index (χ1n) is 8.41. The third-order valence-corrected chi connectivity index (χ3v) is 5.10. The van der Waals surface area contributed by atoms with Crippen LogP contribution in [-0.2, 0) is 0 Å². The average Bonchev–Trinajstić information content (AvgIpc) is 3.13. The number of hydrogen-bond acceptors (Lipinski definition) is 0. The van der Waals surface area contributed by atoms with Crippen LogP contribution in [0.3, 0.4) is 0 Å². The second kappa shape index (κ2) is 5.61. The van der Waals surface area contributed by atoms with Crippen molar-refractivity contribution in [1.29, 1.82) is 0 Å². The number of fused-ring (bicyclic) bond motifs is 1. The second-order valence-electron chi connectivity index (χ2n) is 6.33. The van der Waals surface area contributed by atoms with E-state index >= 15 is 0 Å². The Morgan fingerprint density at radius 1 is 0.400 bits per heavy atom. The summed E-state index contributed by atoms with van der Waals surface area (Å²) in [6.45, 7) is 0. The van der Waals surface area contributed by atoms with Gasteiger partial charge in [0.25, 0.3) is 0 Å². The number of hydrogen-bond donors (Lipinski definition) is 0. The van der Waals surface area contributed by atoms with Gasteiger partial charge in [0.2, 0.25) is 0 Å². The van der Waals surface area contributed by atoms with Gasteiger partial charge in [0.1, 0.15) is 0 Å². The SMILES string of the molecule is Clc1ccc(-c2cccc(-c3c4cccc3-4)c2-c2ccccc2)cc1. The van der Waals surface area contributed by atoms with Crippen LogP contribution < -0.4 is 0 Å². The van der Waals surface area contributed by atoms with Gasteiger partial charge in [-0.1, -0.05) is 90.5 Å². The highest BCUT2D eigenvalue weighted by atomic mass is 35.5. The van der Waals surface area contributed by atoms with E-state index in [1.165, 1.54) is 44.5 Å². The minimum atomic E-state index is 0.762. The van der Waals surface area contributed by atoms with E-state index in [-0.39, 0.29) is 0 Å². The topological polar surface area (TPSA) is 0 Å². The van der Waals surface area contributed by atoms with Crippen molar-refractivity contribution in [1.82, 2.24) is 0 Å². The van der Waals surface area contributed by atoms with Crippen molar-refractivity contribution in [3.63, 3.8) is 0 Å². The van der Waals surface area contributed by atoms with Crippen molar-refractivity contribution in [2.75, 3.05) is 0 Å². The van der Waals surface area contributed by atoms with Crippen molar-refractivity contribution >= 4 is 11.6 Å². The zero-order chi connectivity index (χ0) is 16.8. The van der Waals surface area contributed by atoms with Crippen LogP contribution in [0.1, 0.15) is 0 Å². The van der Waals surface area contributed by atoms with Gasteiger partial charge >= 0.3 is 0 Å². The van der Waals surface area contributed by atoms with E-state index in [2.05, 4.69) is 78.9 Å².